The van der Waals surface area contributed by atoms with Gasteiger partial charge in [-0.2, -0.15) is 0 Å². The monoisotopic (exact) mass is 1640 g/mol. The molecule has 0 radical (unpaired) electrons. The Morgan fingerprint density at radius 1 is 0.290 bits per heavy atom. The van der Waals surface area contributed by atoms with E-state index in [1.807, 2.05) is 231 Å². The Kier molecular flexibility index (Phi) is 21.9. The fourth-order valence-electron chi connectivity index (χ4n) is 17.1. The normalized spacial score (nSPS) is 13.5. The third-order valence-corrected chi connectivity index (χ3v) is 23.7. The summed E-state index contributed by atoms with van der Waals surface area (Å²) in [6, 6.07) is 83.6. The highest BCUT2D eigenvalue weighted by Gasteiger charge is 2.48. The molecule has 0 spiro atoms. The van der Waals surface area contributed by atoms with Crippen molar-refractivity contribution in [2.24, 2.45) is 0 Å². The van der Waals surface area contributed by atoms with Gasteiger partial charge in [-0.3, -0.25) is 48.5 Å². The molecular formula is C108H98N6O10. The van der Waals surface area contributed by atoms with Gasteiger partial charge in [0.1, 0.15) is 58.1 Å². The number of aromatic nitrogens is 2. The van der Waals surface area contributed by atoms with Crippen molar-refractivity contribution in [3.63, 3.8) is 0 Å². The number of nitrogens with zero attached hydrogens (tertiary/aromatic N) is 6. The Hall–Kier alpha value is -14.1. The second-order valence-electron chi connectivity index (χ2n) is 36.6. The molecule has 15 aromatic rings. The number of fused-ring (bicyclic) bond motifs is 2. The highest BCUT2D eigenvalue weighted by atomic mass is 16.5. The van der Waals surface area contributed by atoms with Crippen molar-refractivity contribution in [1.82, 2.24) is 29.6 Å². The van der Waals surface area contributed by atoms with Gasteiger partial charge in [-0.15, -0.1) is 0 Å². The summed E-state index contributed by atoms with van der Waals surface area (Å²) in [6.45, 7) is 25.9. The van der Waals surface area contributed by atoms with Gasteiger partial charge in [0.2, 0.25) is 11.8 Å². The number of imide groups is 2. The minimum absolute atomic E-state index is 0.00110. The zero-order chi connectivity index (χ0) is 86.7. The summed E-state index contributed by atoms with van der Waals surface area (Å²) in [4.78, 5) is 117. The molecular weight excluding hydrogens is 1540 g/mol. The maximum absolute atomic E-state index is 17.3. The van der Waals surface area contributed by atoms with E-state index < -0.39 is 47.5 Å². The lowest BCUT2D eigenvalue weighted by atomic mass is 9.80. The van der Waals surface area contributed by atoms with Crippen LogP contribution in [0.5, 0.6) is 46.0 Å². The van der Waals surface area contributed by atoms with Crippen LogP contribution in [-0.2, 0) is 70.3 Å². The lowest BCUT2D eigenvalue weighted by Crippen LogP contribution is -2.55. The first-order valence-electron chi connectivity index (χ1n) is 42.3. The zero-order valence-electron chi connectivity index (χ0n) is 71.9. The Bertz CT molecular complexity index is 5840. The van der Waals surface area contributed by atoms with Gasteiger partial charge in [-0.1, -0.05) is 265 Å². The number of hydrogen-bond acceptors (Lipinski definition) is 12. The van der Waals surface area contributed by atoms with Gasteiger partial charge < -0.3 is 28.7 Å². The van der Waals surface area contributed by atoms with Crippen LogP contribution in [0.4, 0.5) is 0 Å². The maximum Gasteiger partial charge on any atom is 0.262 e. The number of pyridine rings is 2. The largest absolute Gasteiger partial charge is 0.457 e. The first-order chi connectivity index (χ1) is 59.5. The highest BCUT2D eigenvalue weighted by molar-refractivity contribution is 6.45. The van der Waals surface area contributed by atoms with Crippen molar-refractivity contribution in [1.29, 1.82) is 0 Å². The average molecular weight is 1640 g/mol. The molecule has 0 saturated carbocycles. The third kappa shape index (κ3) is 16.4. The molecule has 2 atom stereocenters. The zero-order valence-corrected chi connectivity index (χ0v) is 71.9. The second-order valence-corrected chi connectivity index (χ2v) is 36.6. The molecule has 0 N–H and O–H groups in total. The van der Waals surface area contributed by atoms with Gasteiger partial charge >= 0.3 is 0 Å². The van der Waals surface area contributed by atoms with Crippen LogP contribution in [-0.4, -0.2) is 77.1 Å². The molecule has 0 fully saturated rings. The summed E-state index contributed by atoms with van der Waals surface area (Å²) in [5.41, 5.74) is 7.06. The smallest absolute Gasteiger partial charge is 0.262 e. The molecule has 13 aromatic carbocycles. The van der Waals surface area contributed by atoms with Crippen molar-refractivity contribution >= 4 is 78.5 Å². The molecule has 2 aliphatic rings. The molecule has 2 aromatic heterocycles. The molecule has 16 nitrogen and oxygen atoms in total. The SMILES string of the molecule is CC(C)(C)c1ccc(Oc2cc3c4c(cc(Oc5ccc(C(C)(C)C)cc5)c5c6c(Oc7ccc(C(C)(C)C)cc7)cc7c8c(cc(Oc9ccc(C(C)(C)C)cc9)c(c2c45)c86)C(=O)N(C(Cc2ccccn2)C(=O)N(Cc2ccccc2)Cc2ccccc2)C7=O)C(=O)N(C(Cc2ccccn2)C(=O)N(Cc2ccccc2)Cc2ccccc2)C3=O)cc1. The van der Waals surface area contributed by atoms with Gasteiger partial charge in [0.05, 0.1) is 22.3 Å². The molecule has 620 valence electrons. The molecule has 17 rings (SSSR count). The Labute approximate surface area is 723 Å². The van der Waals surface area contributed by atoms with E-state index in [0.29, 0.717) is 34.4 Å². The van der Waals surface area contributed by atoms with Crippen LogP contribution in [0.15, 0.2) is 291 Å². The van der Waals surface area contributed by atoms with E-state index in [1.54, 1.807) is 70.7 Å². The van der Waals surface area contributed by atoms with Gasteiger partial charge in [0.25, 0.3) is 23.6 Å². The predicted octanol–water partition coefficient (Wildman–Crippen LogP) is 23.8. The fourth-order valence-corrected chi connectivity index (χ4v) is 17.1. The lowest BCUT2D eigenvalue weighted by Gasteiger charge is -2.37. The average Bonchev–Trinajstić information content (AvgIpc) is 0.669. The Morgan fingerprint density at radius 3 is 0.726 bits per heavy atom. The standard InChI is InChI=1S/C108H98N6O10/c1-105(2,3)71-39-47-77(48-40-71)121-87-59-81-91-82(100(116)113(99(81)115)85(57-75-37-25-27-55-109-75)103(119)111(63-67-29-17-13-18-30-67)64-68-31-19-14-20-32-68)61-89(123-79-51-43-73(44-52-79)107(7,8)9)95-96-90(124-80-53-45-74(46-54-80)108(10,11)12)62-84-92-83(60-88(94(98(92)96)93(87)97(91)95)122-78-49-41-72(42-50-78)106(4,5)6)101(117)114(102(84)118)86(58-76-38-26-28-56-110-76)104(120)112(65-69-33-21-15-22-34-69)66-70-35-23-16-24-36-70/h13-56,59-62,85-86H,57-58,63-66H2,1-12H3. The van der Waals surface area contributed by atoms with Gasteiger partial charge in [-0.25, -0.2) is 0 Å². The van der Waals surface area contributed by atoms with E-state index in [1.165, 1.54) is 0 Å². The summed E-state index contributed by atoms with van der Waals surface area (Å²) in [6.07, 6.45) is 2.89. The lowest BCUT2D eigenvalue weighted by molar-refractivity contribution is -0.137. The molecule has 16 heteroatoms. The summed E-state index contributed by atoms with van der Waals surface area (Å²) in [5, 5.41) is 2.08. The van der Waals surface area contributed by atoms with Gasteiger partial charge in [0.15, 0.2) is 0 Å². The van der Waals surface area contributed by atoms with Crippen LogP contribution in [0.1, 0.15) is 180 Å². The number of ether oxygens (including phenoxy) is 4. The third-order valence-electron chi connectivity index (χ3n) is 23.7. The molecule has 4 heterocycles. The van der Waals surface area contributed by atoms with Crippen molar-refractivity contribution in [2.45, 2.75) is 156 Å². The maximum atomic E-state index is 17.3. The van der Waals surface area contributed by atoms with Gasteiger partial charge in [0, 0.05) is 106 Å². The fraction of sp³-hybridized carbons (Fsp3) is 0.222. The number of amides is 6. The number of carbonyl (C=O) groups is 6. The van der Waals surface area contributed by atoms with E-state index in [2.05, 4.69) is 83.1 Å². The first kappa shape index (κ1) is 82.2. The minimum atomic E-state index is -1.52. The van der Waals surface area contributed by atoms with Crippen molar-refractivity contribution < 1.29 is 47.7 Å². The Morgan fingerprint density at radius 2 is 0.516 bits per heavy atom. The summed E-state index contributed by atoms with van der Waals surface area (Å²) >= 11 is 0. The predicted molar refractivity (Wildman–Crippen MR) is 487 cm³/mol. The quantitative estimate of drug-likeness (QED) is 0.0318. The number of carbonyl (C=O) groups excluding carboxylic acids is 6. The molecule has 0 aliphatic carbocycles. The van der Waals surface area contributed by atoms with Crippen LogP contribution >= 0.6 is 0 Å². The van der Waals surface area contributed by atoms with Gasteiger partial charge in [-0.05, 0) is 163 Å². The Balaban J connectivity index is 0.999. The minimum Gasteiger partial charge on any atom is -0.457 e. The van der Waals surface area contributed by atoms with Crippen LogP contribution < -0.4 is 18.9 Å². The molecule has 124 heavy (non-hydrogen) atoms. The van der Waals surface area contributed by atoms with Crippen LogP contribution in [0.2, 0.25) is 0 Å². The van der Waals surface area contributed by atoms with E-state index in [4.69, 9.17) is 28.9 Å². The number of hydrogen-bond donors (Lipinski definition) is 0. The van der Waals surface area contributed by atoms with Crippen molar-refractivity contribution in [3.05, 3.63) is 370 Å². The topological polar surface area (TPSA) is 178 Å². The second kappa shape index (κ2) is 33.0. The summed E-state index contributed by atoms with van der Waals surface area (Å²) < 4.78 is 30.2. The highest BCUT2D eigenvalue weighted by Crippen LogP contribution is 2.59. The van der Waals surface area contributed by atoms with Crippen molar-refractivity contribution in [3.8, 4) is 46.0 Å². The van der Waals surface area contributed by atoms with E-state index in [9.17, 15) is 0 Å². The first-order valence-corrected chi connectivity index (χ1v) is 42.3. The van der Waals surface area contributed by atoms with Crippen LogP contribution in [0.3, 0.4) is 0 Å². The molecule has 6 amide bonds. The molecule has 2 aliphatic heterocycles. The van der Waals surface area contributed by atoms with Crippen molar-refractivity contribution in [2.75, 3.05) is 0 Å². The van der Waals surface area contributed by atoms with Crippen LogP contribution in [0, 0.1) is 0 Å². The molecule has 0 bridgehead atoms. The number of rotatable bonds is 24. The number of benzene rings is 13. The van der Waals surface area contributed by atoms with E-state index in [0.717, 1.165) is 54.3 Å². The van der Waals surface area contributed by atoms with E-state index >= 15 is 28.8 Å². The molecule has 0 saturated heterocycles. The summed E-state index contributed by atoms with van der Waals surface area (Å²) in [5.74, 6) is -2.48. The molecule has 2 unspecified atom stereocenters. The summed E-state index contributed by atoms with van der Waals surface area (Å²) in [7, 11) is 0. The van der Waals surface area contributed by atoms with E-state index in [-0.39, 0.29) is 149 Å². The van der Waals surface area contributed by atoms with Crippen LogP contribution in [0.25, 0.3) is 43.1 Å².